The van der Waals surface area contributed by atoms with Crippen LogP contribution in [0.15, 0.2) is 41.8 Å². The molecule has 0 spiro atoms. The Labute approximate surface area is 129 Å². The van der Waals surface area contributed by atoms with E-state index in [9.17, 15) is 4.79 Å². The van der Waals surface area contributed by atoms with E-state index in [2.05, 4.69) is 0 Å². The van der Waals surface area contributed by atoms with Crippen molar-refractivity contribution in [1.82, 2.24) is 0 Å². The number of anilines is 1. The van der Waals surface area contributed by atoms with Gasteiger partial charge in [-0.1, -0.05) is 41.4 Å². The number of ketones is 1. The molecule has 0 aliphatic carbocycles. The van der Waals surface area contributed by atoms with Crippen LogP contribution in [-0.4, -0.2) is 5.78 Å². The van der Waals surface area contributed by atoms with Crippen molar-refractivity contribution < 1.29 is 4.79 Å². The highest BCUT2D eigenvalue weighted by molar-refractivity contribution is 7.17. The van der Waals surface area contributed by atoms with Crippen LogP contribution in [0.4, 0.5) is 5.69 Å². The van der Waals surface area contributed by atoms with Gasteiger partial charge in [-0.3, -0.25) is 4.79 Å². The van der Waals surface area contributed by atoms with E-state index in [4.69, 9.17) is 28.9 Å². The van der Waals surface area contributed by atoms with Crippen LogP contribution in [0.3, 0.4) is 0 Å². The summed E-state index contributed by atoms with van der Waals surface area (Å²) in [6.45, 7) is 0. The first kappa shape index (κ1) is 13.4. The first-order chi connectivity index (χ1) is 9.58. The zero-order valence-corrected chi connectivity index (χ0v) is 12.5. The minimum absolute atomic E-state index is 0.104. The molecule has 0 saturated heterocycles. The Morgan fingerprint density at radius 3 is 2.65 bits per heavy atom. The van der Waals surface area contributed by atoms with Gasteiger partial charge in [0, 0.05) is 26.6 Å². The van der Waals surface area contributed by atoms with Crippen LogP contribution in [0.5, 0.6) is 0 Å². The summed E-state index contributed by atoms with van der Waals surface area (Å²) < 4.78 is 1.07. The highest BCUT2D eigenvalue weighted by Gasteiger charge is 2.16. The predicted octanol–water partition coefficient (Wildman–Crippen LogP) is 5.02. The van der Waals surface area contributed by atoms with Crippen molar-refractivity contribution in [3.63, 3.8) is 0 Å². The molecule has 2 aromatic carbocycles. The molecule has 3 aromatic rings. The van der Waals surface area contributed by atoms with Crippen molar-refractivity contribution in [1.29, 1.82) is 0 Å². The fourth-order valence-corrected chi connectivity index (χ4v) is 3.33. The normalized spacial score (nSPS) is 10.9. The topological polar surface area (TPSA) is 43.1 Å². The maximum Gasteiger partial charge on any atom is 0.194 e. The molecule has 0 unspecified atom stereocenters. The fourth-order valence-electron chi connectivity index (χ4n) is 2.05. The van der Waals surface area contributed by atoms with Crippen LogP contribution in [0.25, 0.3) is 10.1 Å². The monoisotopic (exact) mass is 321 g/mol. The summed E-state index contributed by atoms with van der Waals surface area (Å²) >= 11 is 13.4. The van der Waals surface area contributed by atoms with Gasteiger partial charge >= 0.3 is 0 Å². The Morgan fingerprint density at radius 1 is 1.15 bits per heavy atom. The second-order valence-electron chi connectivity index (χ2n) is 4.34. The Morgan fingerprint density at radius 2 is 1.90 bits per heavy atom. The van der Waals surface area contributed by atoms with E-state index in [1.165, 1.54) is 11.3 Å². The van der Waals surface area contributed by atoms with Crippen LogP contribution < -0.4 is 5.73 Å². The molecule has 1 heterocycles. The van der Waals surface area contributed by atoms with E-state index in [1.807, 2.05) is 29.6 Å². The molecule has 0 amide bonds. The maximum absolute atomic E-state index is 12.6. The Balaban J connectivity index is 2.13. The largest absolute Gasteiger partial charge is 0.397 e. The molecule has 0 fully saturated rings. The van der Waals surface area contributed by atoms with Gasteiger partial charge in [0.25, 0.3) is 0 Å². The van der Waals surface area contributed by atoms with Crippen LogP contribution in [0.1, 0.15) is 15.9 Å². The average molecular weight is 322 g/mol. The van der Waals surface area contributed by atoms with Crippen molar-refractivity contribution in [3.05, 3.63) is 63.0 Å². The van der Waals surface area contributed by atoms with Crippen molar-refractivity contribution in [3.8, 4) is 0 Å². The minimum Gasteiger partial charge on any atom is -0.397 e. The summed E-state index contributed by atoms with van der Waals surface area (Å²) in [5.41, 5.74) is 7.17. The summed E-state index contributed by atoms with van der Waals surface area (Å²) in [7, 11) is 0. The maximum atomic E-state index is 12.6. The quantitative estimate of drug-likeness (QED) is 0.532. The van der Waals surface area contributed by atoms with E-state index >= 15 is 0 Å². The number of fused-ring (bicyclic) bond motifs is 1. The Bertz CT molecular complexity index is 803. The third-order valence-electron chi connectivity index (χ3n) is 3.04. The number of hydrogen-bond donors (Lipinski definition) is 1. The molecule has 0 atom stereocenters. The Hall–Kier alpha value is -1.55. The number of nitrogens with two attached hydrogens (primary N) is 1. The first-order valence-electron chi connectivity index (χ1n) is 5.83. The van der Waals surface area contributed by atoms with Crippen LogP contribution >= 0.6 is 34.5 Å². The van der Waals surface area contributed by atoms with Gasteiger partial charge in [0.05, 0.1) is 15.7 Å². The molecular formula is C15H9Cl2NOS. The lowest BCUT2D eigenvalue weighted by Gasteiger charge is -2.05. The molecule has 100 valence electrons. The molecule has 0 aliphatic heterocycles. The van der Waals surface area contributed by atoms with Gasteiger partial charge in [-0.2, -0.15) is 0 Å². The number of rotatable bonds is 2. The highest BCUT2D eigenvalue weighted by Crippen LogP contribution is 2.32. The molecule has 20 heavy (non-hydrogen) atoms. The molecule has 0 saturated carbocycles. The third kappa shape index (κ3) is 2.18. The molecule has 1 aromatic heterocycles. The van der Waals surface area contributed by atoms with Gasteiger partial charge in [0.1, 0.15) is 0 Å². The van der Waals surface area contributed by atoms with Gasteiger partial charge in [0.15, 0.2) is 5.78 Å². The Kier molecular flexibility index (Phi) is 3.42. The zero-order chi connectivity index (χ0) is 14.3. The lowest BCUT2D eigenvalue weighted by Crippen LogP contribution is -2.02. The van der Waals surface area contributed by atoms with Crippen LogP contribution in [0.2, 0.25) is 10.0 Å². The number of benzene rings is 2. The zero-order valence-electron chi connectivity index (χ0n) is 10.2. The standard InChI is InChI=1S/C15H9Cl2NOS/c16-11-5-8(6-12(18)14(11)17)15(19)10-7-20-13-4-2-1-3-9(10)13/h1-7H,18H2. The van der Waals surface area contributed by atoms with Gasteiger partial charge in [-0.05, 0) is 18.2 Å². The summed E-state index contributed by atoms with van der Waals surface area (Å²) in [5, 5.41) is 3.35. The SMILES string of the molecule is Nc1cc(C(=O)c2csc3ccccc23)cc(Cl)c1Cl. The van der Waals surface area contributed by atoms with Gasteiger partial charge < -0.3 is 5.73 Å². The average Bonchev–Trinajstić information content (AvgIpc) is 2.87. The van der Waals surface area contributed by atoms with E-state index < -0.39 is 0 Å². The molecule has 3 rings (SSSR count). The fraction of sp³-hybridized carbons (Fsp3) is 0. The number of hydrogen-bond acceptors (Lipinski definition) is 3. The number of carbonyl (C=O) groups excluding carboxylic acids is 1. The van der Waals surface area contributed by atoms with E-state index in [-0.39, 0.29) is 15.8 Å². The summed E-state index contributed by atoms with van der Waals surface area (Å²) in [5.74, 6) is -0.104. The highest BCUT2D eigenvalue weighted by atomic mass is 35.5. The summed E-state index contributed by atoms with van der Waals surface area (Å²) in [6.07, 6.45) is 0. The number of halogens is 2. The lowest BCUT2D eigenvalue weighted by atomic mass is 10.0. The molecule has 5 heteroatoms. The predicted molar refractivity (Wildman–Crippen MR) is 86.1 cm³/mol. The van der Waals surface area contributed by atoms with E-state index in [0.29, 0.717) is 16.8 Å². The molecule has 2 N–H and O–H groups in total. The van der Waals surface area contributed by atoms with Crippen molar-refractivity contribution >= 4 is 56.1 Å². The van der Waals surface area contributed by atoms with Crippen molar-refractivity contribution in [2.45, 2.75) is 0 Å². The second-order valence-corrected chi connectivity index (χ2v) is 6.03. The van der Waals surface area contributed by atoms with Crippen LogP contribution in [-0.2, 0) is 0 Å². The number of carbonyl (C=O) groups is 1. The molecule has 2 nitrogen and oxygen atoms in total. The van der Waals surface area contributed by atoms with Crippen LogP contribution in [0, 0.1) is 0 Å². The summed E-state index contributed by atoms with van der Waals surface area (Å²) in [6, 6.07) is 10.9. The van der Waals surface area contributed by atoms with E-state index in [1.54, 1.807) is 12.1 Å². The molecule has 0 bridgehead atoms. The van der Waals surface area contributed by atoms with Crippen molar-refractivity contribution in [2.24, 2.45) is 0 Å². The van der Waals surface area contributed by atoms with Crippen molar-refractivity contribution in [2.75, 3.05) is 5.73 Å². The number of thiophene rings is 1. The first-order valence-corrected chi connectivity index (χ1v) is 7.47. The third-order valence-corrected chi connectivity index (χ3v) is 4.82. The number of nitrogen functional groups attached to an aromatic ring is 1. The second kappa shape index (κ2) is 5.09. The molecular weight excluding hydrogens is 313 g/mol. The van der Waals surface area contributed by atoms with E-state index in [0.717, 1.165) is 10.1 Å². The lowest BCUT2D eigenvalue weighted by molar-refractivity contribution is 0.104. The minimum atomic E-state index is -0.104. The van der Waals surface area contributed by atoms with Gasteiger partial charge in [0.2, 0.25) is 0 Å². The molecule has 0 aliphatic rings. The molecule has 0 radical (unpaired) electrons. The smallest absolute Gasteiger partial charge is 0.194 e. The summed E-state index contributed by atoms with van der Waals surface area (Å²) in [4.78, 5) is 12.6. The van der Waals surface area contributed by atoms with Gasteiger partial charge in [-0.15, -0.1) is 11.3 Å². The van der Waals surface area contributed by atoms with Gasteiger partial charge in [-0.25, -0.2) is 0 Å².